The number of benzene rings is 1. The molecule has 0 aliphatic carbocycles. The highest BCUT2D eigenvalue weighted by molar-refractivity contribution is 6.30. The average molecular weight is 197 g/mol. The Morgan fingerprint density at radius 2 is 1.92 bits per heavy atom. The molecular weight excluding hydrogens is 184 g/mol. The zero-order valence-corrected chi connectivity index (χ0v) is 8.42. The lowest BCUT2D eigenvalue weighted by Crippen LogP contribution is -2.00. The lowest BCUT2D eigenvalue weighted by Gasteiger charge is -2.10. The first-order valence-corrected chi connectivity index (χ1v) is 5.04. The second kappa shape index (κ2) is 3.69. The zero-order valence-electron chi connectivity index (χ0n) is 7.66. The first-order chi connectivity index (χ1) is 6.25. The molecule has 1 saturated heterocycles. The summed E-state index contributed by atoms with van der Waals surface area (Å²) in [5.41, 5.74) is 1.24. The molecule has 1 fully saturated rings. The van der Waals surface area contributed by atoms with Gasteiger partial charge in [-0.2, -0.15) is 0 Å². The lowest BCUT2D eigenvalue weighted by atomic mass is 10.1. The maximum atomic E-state index is 5.81. The molecule has 1 aliphatic heterocycles. The Labute approximate surface area is 83.7 Å². The number of ether oxygens (including phenoxy) is 1. The van der Waals surface area contributed by atoms with E-state index in [4.69, 9.17) is 16.3 Å². The molecule has 1 heterocycles. The standard InChI is InChI=1S/C11H13ClO/c1-8-2-7-11(13-8)9-3-5-10(12)6-4-9/h3-6,8,11H,2,7H2,1H3. The van der Waals surface area contributed by atoms with E-state index in [9.17, 15) is 0 Å². The summed E-state index contributed by atoms with van der Waals surface area (Å²) in [5, 5.41) is 0.787. The molecule has 2 heteroatoms. The van der Waals surface area contributed by atoms with Crippen molar-refractivity contribution in [3.8, 4) is 0 Å². The molecule has 0 N–H and O–H groups in total. The molecule has 2 unspecified atom stereocenters. The summed E-state index contributed by atoms with van der Waals surface area (Å²) in [6, 6.07) is 7.93. The summed E-state index contributed by atoms with van der Waals surface area (Å²) in [6.45, 7) is 2.12. The summed E-state index contributed by atoms with van der Waals surface area (Å²) in [7, 11) is 0. The van der Waals surface area contributed by atoms with Gasteiger partial charge in [0.05, 0.1) is 12.2 Å². The van der Waals surface area contributed by atoms with Gasteiger partial charge in [-0.25, -0.2) is 0 Å². The number of hydrogen-bond acceptors (Lipinski definition) is 1. The second-order valence-electron chi connectivity index (χ2n) is 3.56. The van der Waals surface area contributed by atoms with Crippen molar-refractivity contribution < 1.29 is 4.74 Å². The highest BCUT2D eigenvalue weighted by atomic mass is 35.5. The van der Waals surface area contributed by atoms with Gasteiger partial charge in [0.15, 0.2) is 0 Å². The van der Waals surface area contributed by atoms with E-state index >= 15 is 0 Å². The fraction of sp³-hybridized carbons (Fsp3) is 0.455. The molecule has 0 saturated carbocycles. The number of rotatable bonds is 1. The summed E-state index contributed by atoms with van der Waals surface area (Å²) in [4.78, 5) is 0. The van der Waals surface area contributed by atoms with Gasteiger partial charge in [0.2, 0.25) is 0 Å². The van der Waals surface area contributed by atoms with Crippen LogP contribution in [0.15, 0.2) is 24.3 Å². The van der Waals surface area contributed by atoms with E-state index in [0.717, 1.165) is 17.9 Å². The summed E-state index contributed by atoms with van der Waals surface area (Å²) >= 11 is 5.81. The van der Waals surface area contributed by atoms with E-state index in [1.54, 1.807) is 0 Å². The van der Waals surface area contributed by atoms with E-state index < -0.39 is 0 Å². The summed E-state index contributed by atoms with van der Waals surface area (Å²) in [5.74, 6) is 0. The minimum atomic E-state index is 0.285. The predicted molar refractivity (Wildman–Crippen MR) is 54.0 cm³/mol. The van der Waals surface area contributed by atoms with E-state index in [-0.39, 0.29) is 6.10 Å². The van der Waals surface area contributed by atoms with Crippen LogP contribution in [-0.4, -0.2) is 6.10 Å². The Morgan fingerprint density at radius 1 is 1.23 bits per heavy atom. The predicted octanol–water partition coefficient (Wildman–Crippen LogP) is 3.58. The molecular formula is C11H13ClO. The third-order valence-electron chi connectivity index (χ3n) is 2.47. The molecule has 70 valence electrons. The Balaban J connectivity index is 2.13. The van der Waals surface area contributed by atoms with Gasteiger partial charge in [0.1, 0.15) is 0 Å². The molecule has 2 atom stereocenters. The fourth-order valence-electron chi connectivity index (χ4n) is 1.73. The van der Waals surface area contributed by atoms with Crippen LogP contribution in [0.3, 0.4) is 0 Å². The number of hydrogen-bond donors (Lipinski definition) is 0. The molecule has 2 rings (SSSR count). The van der Waals surface area contributed by atoms with E-state index in [1.165, 1.54) is 5.56 Å². The van der Waals surface area contributed by atoms with Gasteiger partial charge in [-0.15, -0.1) is 0 Å². The van der Waals surface area contributed by atoms with Crippen molar-refractivity contribution in [2.45, 2.75) is 32.0 Å². The molecule has 0 spiro atoms. The molecule has 1 nitrogen and oxygen atoms in total. The molecule has 0 aromatic heterocycles. The Bertz CT molecular complexity index is 281. The van der Waals surface area contributed by atoms with Gasteiger partial charge >= 0.3 is 0 Å². The summed E-state index contributed by atoms with van der Waals surface area (Å²) in [6.07, 6.45) is 2.98. The fourth-order valence-corrected chi connectivity index (χ4v) is 1.85. The molecule has 13 heavy (non-hydrogen) atoms. The largest absolute Gasteiger partial charge is 0.371 e. The van der Waals surface area contributed by atoms with Crippen molar-refractivity contribution in [3.05, 3.63) is 34.9 Å². The van der Waals surface area contributed by atoms with Gasteiger partial charge in [-0.1, -0.05) is 23.7 Å². The van der Waals surface area contributed by atoms with Crippen molar-refractivity contribution in [2.75, 3.05) is 0 Å². The van der Waals surface area contributed by atoms with Crippen LogP contribution in [-0.2, 0) is 4.74 Å². The molecule has 1 aromatic rings. The first kappa shape index (κ1) is 9.04. The first-order valence-electron chi connectivity index (χ1n) is 4.66. The Hall–Kier alpha value is -0.530. The topological polar surface area (TPSA) is 9.23 Å². The Kier molecular flexibility index (Phi) is 2.56. The van der Waals surface area contributed by atoms with Gasteiger partial charge in [0.25, 0.3) is 0 Å². The van der Waals surface area contributed by atoms with Crippen molar-refractivity contribution in [1.82, 2.24) is 0 Å². The second-order valence-corrected chi connectivity index (χ2v) is 4.00. The Morgan fingerprint density at radius 3 is 2.46 bits per heavy atom. The van der Waals surface area contributed by atoms with Crippen LogP contribution >= 0.6 is 11.6 Å². The molecule has 1 aromatic carbocycles. The highest BCUT2D eigenvalue weighted by Crippen LogP contribution is 2.32. The normalized spacial score (nSPS) is 27.8. The monoisotopic (exact) mass is 196 g/mol. The van der Waals surface area contributed by atoms with Crippen LogP contribution in [0, 0.1) is 0 Å². The van der Waals surface area contributed by atoms with Crippen molar-refractivity contribution in [1.29, 1.82) is 0 Å². The quantitative estimate of drug-likeness (QED) is 0.667. The van der Waals surface area contributed by atoms with Crippen LogP contribution in [0.4, 0.5) is 0 Å². The van der Waals surface area contributed by atoms with Crippen molar-refractivity contribution >= 4 is 11.6 Å². The molecule has 0 amide bonds. The van der Waals surface area contributed by atoms with Crippen LogP contribution in [0.2, 0.25) is 5.02 Å². The van der Waals surface area contributed by atoms with Crippen LogP contribution in [0.25, 0.3) is 0 Å². The van der Waals surface area contributed by atoms with Crippen LogP contribution in [0.5, 0.6) is 0 Å². The van der Waals surface area contributed by atoms with Gasteiger partial charge in [-0.05, 0) is 37.5 Å². The number of halogens is 1. The third kappa shape index (κ3) is 2.04. The molecule has 0 bridgehead atoms. The maximum absolute atomic E-state index is 5.81. The summed E-state index contributed by atoms with van der Waals surface area (Å²) < 4.78 is 5.74. The lowest BCUT2D eigenvalue weighted by molar-refractivity contribution is 0.0556. The SMILES string of the molecule is CC1CCC(c2ccc(Cl)cc2)O1. The van der Waals surface area contributed by atoms with Gasteiger partial charge in [0, 0.05) is 5.02 Å². The van der Waals surface area contributed by atoms with Gasteiger partial charge in [-0.3, -0.25) is 0 Å². The minimum absolute atomic E-state index is 0.285. The van der Waals surface area contributed by atoms with Crippen LogP contribution < -0.4 is 0 Å². The minimum Gasteiger partial charge on any atom is -0.371 e. The van der Waals surface area contributed by atoms with E-state index in [1.807, 2.05) is 24.3 Å². The van der Waals surface area contributed by atoms with E-state index in [2.05, 4.69) is 6.92 Å². The average Bonchev–Trinajstić information content (AvgIpc) is 2.53. The zero-order chi connectivity index (χ0) is 9.26. The van der Waals surface area contributed by atoms with Gasteiger partial charge < -0.3 is 4.74 Å². The molecule has 1 aliphatic rings. The van der Waals surface area contributed by atoms with Crippen molar-refractivity contribution in [3.63, 3.8) is 0 Å². The highest BCUT2D eigenvalue weighted by Gasteiger charge is 2.22. The van der Waals surface area contributed by atoms with E-state index in [0.29, 0.717) is 6.10 Å². The maximum Gasteiger partial charge on any atom is 0.0829 e. The van der Waals surface area contributed by atoms with Crippen molar-refractivity contribution in [2.24, 2.45) is 0 Å². The smallest absolute Gasteiger partial charge is 0.0829 e. The van der Waals surface area contributed by atoms with Crippen LogP contribution in [0.1, 0.15) is 31.4 Å². The molecule has 0 radical (unpaired) electrons. The third-order valence-corrected chi connectivity index (χ3v) is 2.73.